The molecule has 1 N–H and O–H groups in total. The number of aromatic nitrogens is 1. The first kappa shape index (κ1) is 12.1. The highest BCUT2D eigenvalue weighted by Gasteiger charge is 2.58. The number of nitrogens with one attached hydrogen (secondary N) is 1. The molecule has 2 heterocycles. The smallest absolute Gasteiger partial charge is 0.233 e. The van der Waals surface area contributed by atoms with Crippen LogP contribution < -0.4 is 5.32 Å². The van der Waals surface area contributed by atoms with Crippen molar-refractivity contribution in [3.63, 3.8) is 0 Å². The number of hydrogen-bond donors (Lipinski definition) is 1. The second kappa shape index (κ2) is 4.64. The minimum absolute atomic E-state index is 0.0109. The number of rotatable bonds is 5. The van der Waals surface area contributed by atoms with E-state index in [-0.39, 0.29) is 23.7 Å². The molecule has 0 bridgehead atoms. The molecule has 5 nitrogen and oxygen atoms in total. The molecular formula is C14H17N3O2. The van der Waals surface area contributed by atoms with E-state index >= 15 is 0 Å². The number of likely N-dealkylation sites (tertiary alicyclic amines) is 1. The molecule has 19 heavy (non-hydrogen) atoms. The second-order valence-electron chi connectivity index (χ2n) is 5.19. The van der Waals surface area contributed by atoms with Crippen molar-refractivity contribution in [2.45, 2.75) is 26.3 Å². The number of fused-ring (bicyclic) bond motifs is 1. The van der Waals surface area contributed by atoms with E-state index in [2.05, 4.69) is 17.2 Å². The van der Waals surface area contributed by atoms with Crippen LogP contribution in [-0.2, 0) is 16.1 Å². The van der Waals surface area contributed by atoms with Gasteiger partial charge in [-0.1, -0.05) is 13.0 Å². The largest absolute Gasteiger partial charge is 0.370 e. The predicted molar refractivity (Wildman–Crippen MR) is 70.2 cm³/mol. The third-order valence-electron chi connectivity index (χ3n) is 3.68. The summed E-state index contributed by atoms with van der Waals surface area (Å²) in [4.78, 5) is 29.3. The van der Waals surface area contributed by atoms with Gasteiger partial charge in [-0.3, -0.25) is 14.5 Å². The Balaban J connectivity index is 1.64. The minimum Gasteiger partial charge on any atom is -0.370 e. The van der Waals surface area contributed by atoms with Crippen molar-refractivity contribution in [3.8, 4) is 0 Å². The topological polar surface area (TPSA) is 62.3 Å². The highest BCUT2D eigenvalue weighted by molar-refractivity contribution is 6.08. The van der Waals surface area contributed by atoms with Gasteiger partial charge in [-0.05, 0) is 24.5 Å². The van der Waals surface area contributed by atoms with Gasteiger partial charge in [0.25, 0.3) is 0 Å². The summed E-state index contributed by atoms with van der Waals surface area (Å²) in [6.45, 7) is 3.34. The van der Waals surface area contributed by atoms with Crippen LogP contribution >= 0.6 is 0 Å². The van der Waals surface area contributed by atoms with Crippen molar-refractivity contribution in [3.05, 3.63) is 23.9 Å². The van der Waals surface area contributed by atoms with Gasteiger partial charge in [0.05, 0.1) is 18.4 Å². The maximum Gasteiger partial charge on any atom is 0.233 e. The summed E-state index contributed by atoms with van der Waals surface area (Å²) >= 11 is 0. The predicted octanol–water partition coefficient (Wildman–Crippen LogP) is 1.41. The molecule has 1 aliphatic carbocycles. The van der Waals surface area contributed by atoms with Crippen LogP contribution in [0.25, 0.3) is 0 Å². The Bertz CT molecular complexity index is 492. The van der Waals surface area contributed by atoms with Crippen molar-refractivity contribution >= 4 is 17.6 Å². The lowest BCUT2D eigenvalue weighted by molar-refractivity contribution is -0.142. The number of carbonyl (C=O) groups excluding carboxylic acids is 2. The monoisotopic (exact) mass is 259 g/mol. The number of piperidine rings is 1. The maximum absolute atomic E-state index is 11.8. The summed E-state index contributed by atoms with van der Waals surface area (Å²) < 4.78 is 0. The molecule has 1 aromatic rings. The van der Waals surface area contributed by atoms with Gasteiger partial charge in [0.1, 0.15) is 5.82 Å². The fourth-order valence-corrected chi connectivity index (χ4v) is 2.46. The van der Waals surface area contributed by atoms with E-state index in [4.69, 9.17) is 0 Å². The molecule has 2 fully saturated rings. The first-order valence-electron chi connectivity index (χ1n) is 6.74. The molecule has 1 saturated carbocycles. The van der Waals surface area contributed by atoms with E-state index in [1.54, 1.807) is 6.20 Å². The van der Waals surface area contributed by atoms with Gasteiger partial charge in [0, 0.05) is 12.7 Å². The van der Waals surface area contributed by atoms with E-state index in [1.165, 1.54) is 4.90 Å². The quantitative estimate of drug-likeness (QED) is 0.812. The Morgan fingerprint density at radius 2 is 2.05 bits per heavy atom. The summed E-state index contributed by atoms with van der Waals surface area (Å²) in [6.07, 6.45) is 3.53. The van der Waals surface area contributed by atoms with Gasteiger partial charge in [0.15, 0.2) is 0 Å². The third kappa shape index (κ3) is 2.20. The van der Waals surface area contributed by atoms with Crippen molar-refractivity contribution in [2.75, 3.05) is 11.9 Å². The van der Waals surface area contributed by atoms with Crippen molar-refractivity contribution in [1.29, 1.82) is 0 Å². The summed E-state index contributed by atoms with van der Waals surface area (Å²) in [5, 5.41) is 3.19. The van der Waals surface area contributed by atoms with Crippen LogP contribution in [0.3, 0.4) is 0 Å². The zero-order valence-corrected chi connectivity index (χ0v) is 10.9. The van der Waals surface area contributed by atoms with Crippen LogP contribution in [0.2, 0.25) is 0 Å². The standard InChI is InChI=1S/C14H17N3O2/c1-2-5-15-12-4-3-9(7-16-12)8-17-13(18)10-6-11(10)14(17)19/h3-4,7,10-11H,2,5-6,8H2,1H3,(H,15,16). The number of amides is 2. The van der Waals surface area contributed by atoms with Crippen LogP contribution in [0.15, 0.2) is 18.3 Å². The molecule has 2 amide bonds. The van der Waals surface area contributed by atoms with Gasteiger partial charge in [-0.2, -0.15) is 0 Å². The molecule has 5 heteroatoms. The van der Waals surface area contributed by atoms with Crippen LogP contribution in [0.5, 0.6) is 0 Å². The minimum atomic E-state index is -0.0223. The normalized spacial score (nSPS) is 24.6. The molecule has 2 aliphatic rings. The van der Waals surface area contributed by atoms with Gasteiger partial charge < -0.3 is 5.32 Å². The molecule has 3 rings (SSSR count). The average molecular weight is 259 g/mol. The fourth-order valence-electron chi connectivity index (χ4n) is 2.46. The zero-order chi connectivity index (χ0) is 13.4. The van der Waals surface area contributed by atoms with Crippen molar-refractivity contribution in [1.82, 2.24) is 9.88 Å². The molecule has 100 valence electrons. The third-order valence-corrected chi connectivity index (χ3v) is 3.68. The zero-order valence-electron chi connectivity index (χ0n) is 10.9. The van der Waals surface area contributed by atoms with Gasteiger partial charge >= 0.3 is 0 Å². The Morgan fingerprint density at radius 3 is 2.63 bits per heavy atom. The molecule has 2 atom stereocenters. The van der Waals surface area contributed by atoms with Gasteiger partial charge in [-0.15, -0.1) is 0 Å². The number of imide groups is 1. The summed E-state index contributed by atoms with van der Waals surface area (Å²) in [6, 6.07) is 3.80. The SMILES string of the molecule is CCCNc1ccc(CN2C(=O)C3CC3C2=O)cn1. The number of anilines is 1. The number of nitrogens with zero attached hydrogens (tertiary/aromatic N) is 2. The highest BCUT2D eigenvalue weighted by Crippen LogP contribution is 2.47. The van der Waals surface area contributed by atoms with Crippen LogP contribution in [0, 0.1) is 11.8 Å². The van der Waals surface area contributed by atoms with Crippen LogP contribution in [0.1, 0.15) is 25.3 Å². The average Bonchev–Trinajstić information content (AvgIpc) is 3.18. The summed E-state index contributed by atoms with van der Waals surface area (Å²) in [7, 11) is 0. The summed E-state index contributed by atoms with van der Waals surface area (Å²) in [5.74, 6) is 0.760. The number of hydrogen-bond acceptors (Lipinski definition) is 4. The Labute approximate surface area is 112 Å². The lowest BCUT2D eigenvalue weighted by Crippen LogP contribution is -2.32. The molecule has 1 saturated heterocycles. The fraction of sp³-hybridized carbons (Fsp3) is 0.500. The van der Waals surface area contributed by atoms with E-state index in [0.29, 0.717) is 6.54 Å². The molecule has 2 unspecified atom stereocenters. The molecule has 0 spiro atoms. The molecule has 0 radical (unpaired) electrons. The van der Waals surface area contributed by atoms with E-state index < -0.39 is 0 Å². The first-order chi connectivity index (χ1) is 9.20. The highest BCUT2D eigenvalue weighted by atomic mass is 16.2. The maximum atomic E-state index is 11.8. The van der Waals surface area contributed by atoms with Gasteiger partial charge in [-0.25, -0.2) is 4.98 Å². The Hall–Kier alpha value is -1.91. The molecule has 0 aromatic carbocycles. The van der Waals surface area contributed by atoms with E-state index in [9.17, 15) is 9.59 Å². The first-order valence-corrected chi connectivity index (χ1v) is 6.74. The lowest BCUT2D eigenvalue weighted by Gasteiger charge is -2.16. The van der Waals surface area contributed by atoms with Crippen LogP contribution in [-0.4, -0.2) is 28.2 Å². The Kier molecular flexibility index (Phi) is 2.97. The van der Waals surface area contributed by atoms with Crippen LogP contribution in [0.4, 0.5) is 5.82 Å². The Morgan fingerprint density at radius 1 is 1.32 bits per heavy atom. The van der Waals surface area contributed by atoms with E-state index in [1.807, 2.05) is 12.1 Å². The number of carbonyl (C=O) groups is 2. The lowest BCUT2D eigenvalue weighted by atomic mass is 10.2. The number of pyridine rings is 1. The van der Waals surface area contributed by atoms with Gasteiger partial charge in [0.2, 0.25) is 11.8 Å². The second-order valence-corrected chi connectivity index (χ2v) is 5.19. The molecule has 1 aliphatic heterocycles. The van der Waals surface area contributed by atoms with Crippen molar-refractivity contribution in [2.24, 2.45) is 11.8 Å². The summed E-state index contributed by atoms with van der Waals surface area (Å²) in [5.41, 5.74) is 0.894. The molecule has 1 aromatic heterocycles. The van der Waals surface area contributed by atoms with E-state index in [0.717, 1.165) is 30.8 Å². The van der Waals surface area contributed by atoms with Crippen molar-refractivity contribution < 1.29 is 9.59 Å². The molecular weight excluding hydrogens is 242 g/mol.